The van der Waals surface area contributed by atoms with Crippen molar-refractivity contribution in [3.63, 3.8) is 0 Å². The quantitative estimate of drug-likeness (QED) is 0.0807. The minimum Gasteiger partial charge on any atom is -0.494 e. The van der Waals surface area contributed by atoms with Crippen LogP contribution in [0.1, 0.15) is 48.9 Å². The fourth-order valence-electron chi connectivity index (χ4n) is 4.86. The van der Waals surface area contributed by atoms with E-state index >= 15 is 0 Å². The Morgan fingerprint density at radius 2 is 1.71 bits per heavy atom. The molecule has 0 radical (unpaired) electrons. The van der Waals surface area contributed by atoms with E-state index in [2.05, 4.69) is 50.8 Å². The van der Waals surface area contributed by atoms with Crippen LogP contribution in [0.5, 0.6) is 11.5 Å². The zero-order valence-corrected chi connectivity index (χ0v) is 28.3. The molecule has 5 rings (SSSR count). The van der Waals surface area contributed by atoms with Crippen molar-refractivity contribution in [1.29, 1.82) is 0 Å². The zero-order valence-electron chi connectivity index (χ0n) is 25.1. The van der Waals surface area contributed by atoms with Crippen LogP contribution < -0.4 is 15.0 Å². The van der Waals surface area contributed by atoms with Crippen molar-refractivity contribution in [3.05, 3.63) is 124 Å². The average molecular weight is 734 g/mol. The van der Waals surface area contributed by atoms with Crippen LogP contribution in [-0.2, 0) is 6.61 Å². The number of rotatable bonds is 10. The van der Waals surface area contributed by atoms with Crippen LogP contribution in [0.25, 0.3) is 22.3 Å². The molecular weight excluding hydrogens is 704 g/mol. The molecule has 0 saturated heterocycles. The van der Waals surface area contributed by atoms with Gasteiger partial charge < -0.3 is 9.47 Å². The molecule has 4 aromatic carbocycles. The van der Waals surface area contributed by atoms with Gasteiger partial charge in [0.05, 0.1) is 37.6 Å². The number of non-ortho nitro benzene ring substituents is 1. The van der Waals surface area contributed by atoms with Crippen molar-refractivity contribution in [2.75, 3.05) is 6.61 Å². The van der Waals surface area contributed by atoms with Crippen LogP contribution in [0.2, 0.25) is 0 Å². The second-order valence-electron chi connectivity index (χ2n) is 10.6. The topological polar surface area (TPSA) is 109 Å². The molecule has 0 bridgehead atoms. The van der Waals surface area contributed by atoms with Gasteiger partial charge >= 0.3 is 0 Å². The molecule has 0 aliphatic rings. The highest BCUT2D eigenvalue weighted by Crippen LogP contribution is 2.36. The van der Waals surface area contributed by atoms with E-state index in [4.69, 9.17) is 14.5 Å². The summed E-state index contributed by atoms with van der Waals surface area (Å²) in [6.45, 7) is 8.90. The predicted molar refractivity (Wildman–Crippen MR) is 184 cm³/mol. The van der Waals surface area contributed by atoms with Crippen molar-refractivity contribution >= 4 is 54.7 Å². The molecular formula is C34H30Br2N4O5. The molecule has 0 unspecified atom stereocenters. The number of nitro groups is 1. The summed E-state index contributed by atoms with van der Waals surface area (Å²) in [6.07, 6.45) is 1.60. The van der Waals surface area contributed by atoms with Gasteiger partial charge in [-0.3, -0.25) is 14.9 Å². The lowest BCUT2D eigenvalue weighted by Crippen LogP contribution is -2.21. The Morgan fingerprint density at radius 3 is 2.36 bits per heavy atom. The normalized spacial score (nSPS) is 11.4. The molecule has 230 valence electrons. The predicted octanol–water partition coefficient (Wildman–Crippen LogP) is 8.79. The summed E-state index contributed by atoms with van der Waals surface area (Å²) in [5, 5.41) is 16.0. The van der Waals surface area contributed by atoms with Crippen molar-refractivity contribution in [2.24, 2.45) is 5.10 Å². The van der Waals surface area contributed by atoms with Crippen molar-refractivity contribution in [3.8, 4) is 22.9 Å². The molecule has 0 atom stereocenters. The van der Waals surface area contributed by atoms with E-state index in [1.54, 1.807) is 24.4 Å². The Bertz CT molecular complexity index is 1970. The Balaban J connectivity index is 1.53. The van der Waals surface area contributed by atoms with Crippen molar-refractivity contribution in [2.45, 2.75) is 40.2 Å². The van der Waals surface area contributed by atoms with E-state index in [-0.39, 0.29) is 23.8 Å². The van der Waals surface area contributed by atoms with E-state index < -0.39 is 4.92 Å². The number of nitro benzene ring substituents is 1. The van der Waals surface area contributed by atoms with Gasteiger partial charge in [-0.2, -0.15) is 9.78 Å². The molecule has 0 N–H and O–H groups in total. The number of halogens is 2. The Hall–Kier alpha value is -4.35. The minimum atomic E-state index is -0.439. The van der Waals surface area contributed by atoms with Gasteiger partial charge in [-0.15, -0.1) is 0 Å². The number of benzene rings is 4. The maximum Gasteiger partial charge on any atom is 0.282 e. The summed E-state index contributed by atoms with van der Waals surface area (Å²) < 4.78 is 14.6. The van der Waals surface area contributed by atoms with Gasteiger partial charge in [0.2, 0.25) is 0 Å². The molecule has 1 heterocycles. The Labute approximate surface area is 276 Å². The van der Waals surface area contributed by atoms with Crippen LogP contribution >= 0.6 is 31.9 Å². The minimum absolute atomic E-state index is 0.0201. The average Bonchev–Trinajstić information content (AvgIpc) is 3.00. The molecule has 11 heteroatoms. The van der Waals surface area contributed by atoms with Gasteiger partial charge in [0.15, 0.2) is 5.82 Å². The highest BCUT2D eigenvalue weighted by atomic mass is 79.9. The van der Waals surface area contributed by atoms with Crippen LogP contribution in [0, 0.1) is 17.0 Å². The summed E-state index contributed by atoms with van der Waals surface area (Å²) in [7, 11) is 0. The first kappa shape index (κ1) is 32.1. The lowest BCUT2D eigenvalue weighted by atomic mass is 9.96. The monoisotopic (exact) mass is 732 g/mol. The number of nitrogens with zero attached hydrogens (tertiary/aromatic N) is 4. The van der Waals surface area contributed by atoms with Gasteiger partial charge in [-0.25, -0.2) is 4.98 Å². The van der Waals surface area contributed by atoms with Crippen LogP contribution in [0.3, 0.4) is 0 Å². The van der Waals surface area contributed by atoms with Crippen LogP contribution in [0.4, 0.5) is 5.69 Å². The highest BCUT2D eigenvalue weighted by Gasteiger charge is 2.19. The third-order valence-corrected chi connectivity index (χ3v) is 8.32. The smallest absolute Gasteiger partial charge is 0.282 e. The molecule has 45 heavy (non-hydrogen) atoms. The van der Waals surface area contributed by atoms with Crippen molar-refractivity contribution < 1.29 is 14.4 Å². The third kappa shape index (κ3) is 6.99. The first-order valence-corrected chi connectivity index (χ1v) is 15.8. The lowest BCUT2D eigenvalue weighted by molar-refractivity contribution is -0.384. The largest absolute Gasteiger partial charge is 0.494 e. The molecule has 0 aliphatic heterocycles. The maximum absolute atomic E-state index is 13.8. The molecule has 0 spiro atoms. The van der Waals surface area contributed by atoms with E-state index in [0.717, 1.165) is 28.0 Å². The van der Waals surface area contributed by atoms with E-state index in [9.17, 15) is 14.9 Å². The van der Waals surface area contributed by atoms with Crippen LogP contribution in [0.15, 0.2) is 91.6 Å². The van der Waals surface area contributed by atoms with Gasteiger partial charge in [-0.1, -0.05) is 26.0 Å². The summed E-state index contributed by atoms with van der Waals surface area (Å²) in [6, 6.07) is 21.1. The molecule has 0 aliphatic carbocycles. The van der Waals surface area contributed by atoms with E-state index in [1.807, 2.05) is 56.3 Å². The van der Waals surface area contributed by atoms with E-state index in [1.165, 1.54) is 16.8 Å². The number of para-hydroxylation sites is 1. The molecule has 1 aromatic heterocycles. The Kier molecular flexibility index (Phi) is 9.79. The number of ether oxygens (including phenoxy) is 2. The molecule has 0 amide bonds. The highest BCUT2D eigenvalue weighted by molar-refractivity contribution is 9.11. The fourth-order valence-corrected chi connectivity index (χ4v) is 6.31. The summed E-state index contributed by atoms with van der Waals surface area (Å²) in [5.41, 5.74) is 4.53. The summed E-state index contributed by atoms with van der Waals surface area (Å²) >= 11 is 7.16. The first-order valence-electron chi connectivity index (χ1n) is 14.3. The van der Waals surface area contributed by atoms with Gasteiger partial charge in [0.1, 0.15) is 18.1 Å². The van der Waals surface area contributed by atoms with Gasteiger partial charge in [0, 0.05) is 17.7 Å². The van der Waals surface area contributed by atoms with Gasteiger partial charge in [-0.05, 0) is 122 Å². The molecule has 5 aromatic rings. The SMILES string of the molecule is CCOc1cc(C)c(-c2nc3ccccc3c(=O)n2N=Cc2cc(Br)c(OCc3ccc([N+](=O)[O-])cc3)c(Br)c2)cc1C(C)C. The first-order chi connectivity index (χ1) is 21.6. The third-order valence-electron chi connectivity index (χ3n) is 7.15. The maximum atomic E-state index is 13.8. The number of aromatic nitrogens is 2. The number of fused-ring (bicyclic) bond motifs is 1. The van der Waals surface area contributed by atoms with E-state index in [0.29, 0.717) is 43.6 Å². The van der Waals surface area contributed by atoms with Crippen molar-refractivity contribution in [1.82, 2.24) is 9.66 Å². The lowest BCUT2D eigenvalue weighted by Gasteiger charge is -2.18. The molecule has 0 fully saturated rings. The summed E-state index contributed by atoms with van der Waals surface area (Å²) in [4.78, 5) is 29.2. The second kappa shape index (κ2) is 13.7. The van der Waals surface area contributed by atoms with Crippen LogP contribution in [-0.4, -0.2) is 27.4 Å². The van der Waals surface area contributed by atoms with Gasteiger partial charge in [0.25, 0.3) is 11.2 Å². The molecule has 0 saturated carbocycles. The standard InChI is InChI=1S/C34H30Br2N4O5/c1-5-44-31-14-21(4)27(17-26(31)20(2)3)33-38-30-9-7-6-8-25(30)34(41)39(33)37-18-23-15-28(35)32(29(36)16-23)45-19-22-10-12-24(13-11-22)40(42)43/h6-18,20H,5,19H2,1-4H3. The number of hydrogen-bond acceptors (Lipinski definition) is 7. The number of aryl methyl sites for hydroxylation is 1. The Morgan fingerprint density at radius 1 is 1.02 bits per heavy atom. The number of hydrogen-bond donors (Lipinski definition) is 0. The fraction of sp³-hybridized carbons (Fsp3) is 0.206. The molecule has 9 nitrogen and oxygen atoms in total. The summed E-state index contributed by atoms with van der Waals surface area (Å²) in [5.74, 6) is 1.99. The second-order valence-corrected chi connectivity index (χ2v) is 12.3. The zero-order chi connectivity index (χ0) is 32.2.